The van der Waals surface area contributed by atoms with E-state index in [2.05, 4.69) is 0 Å². The van der Waals surface area contributed by atoms with Crippen LogP contribution in [-0.2, 0) is 11.5 Å². The first-order valence-corrected chi connectivity index (χ1v) is 3.17. The molecule has 0 heterocycles. The van der Waals surface area contributed by atoms with Gasteiger partial charge in [-0.3, -0.25) is 0 Å². The predicted molar refractivity (Wildman–Crippen MR) is 36.8 cm³/mol. The summed E-state index contributed by atoms with van der Waals surface area (Å²) in [4.78, 5) is 0. The van der Waals surface area contributed by atoms with Gasteiger partial charge in [-0.05, 0) is 5.56 Å². The van der Waals surface area contributed by atoms with Gasteiger partial charge >= 0.3 is 0 Å². The normalized spacial score (nSPS) is 10.3. The topological polar surface area (TPSA) is 40.1 Å². The number of rotatable bonds is 2. The minimum atomic E-state index is -1.48. The maximum atomic E-state index is 10.3. The van der Waals surface area contributed by atoms with Crippen molar-refractivity contribution in [2.75, 3.05) is 0 Å². The van der Waals surface area contributed by atoms with E-state index in [0.717, 1.165) is 5.56 Å². The smallest absolute Gasteiger partial charge is 0.192 e. The highest BCUT2D eigenvalue weighted by molar-refractivity contribution is 5.14. The van der Waals surface area contributed by atoms with E-state index in [0.29, 0.717) is 0 Å². The summed E-state index contributed by atoms with van der Waals surface area (Å²) in [6.45, 7) is 0. The van der Waals surface area contributed by atoms with E-state index in [-0.39, 0.29) is 6.42 Å². The second-order valence-electron chi connectivity index (χ2n) is 2.14. The third kappa shape index (κ3) is 2.17. The standard InChI is InChI=1S/C8H9O2/c9-8(10)6-7-4-2-1-3-5-7/h1-5,8-9H,6H2. The van der Waals surface area contributed by atoms with Gasteiger partial charge in [0.25, 0.3) is 0 Å². The predicted octanol–water partition coefficient (Wildman–Crippen LogP) is 0.978. The number of hydrogen-bond acceptors (Lipinski definition) is 1. The van der Waals surface area contributed by atoms with Crippen molar-refractivity contribution < 1.29 is 10.2 Å². The fourth-order valence-corrected chi connectivity index (χ4v) is 0.816. The third-order valence-corrected chi connectivity index (χ3v) is 1.25. The highest BCUT2D eigenvalue weighted by Gasteiger charge is 1.99. The fourth-order valence-electron chi connectivity index (χ4n) is 0.816. The second-order valence-corrected chi connectivity index (χ2v) is 2.14. The lowest BCUT2D eigenvalue weighted by molar-refractivity contribution is -0.0895. The highest BCUT2D eigenvalue weighted by atomic mass is 16.5. The van der Waals surface area contributed by atoms with Gasteiger partial charge in [0, 0.05) is 6.42 Å². The Balaban J connectivity index is 2.59. The molecular formula is C8H9O2. The quantitative estimate of drug-likeness (QED) is 0.606. The molecule has 1 radical (unpaired) electrons. The molecule has 1 aromatic rings. The number of benzene rings is 1. The molecule has 0 saturated heterocycles. The molecule has 1 aromatic carbocycles. The number of hydrogen-bond donors (Lipinski definition) is 1. The average Bonchev–Trinajstić information content (AvgIpc) is 1.88. The molecule has 0 aromatic heterocycles. The van der Waals surface area contributed by atoms with Crippen LogP contribution < -0.4 is 0 Å². The maximum absolute atomic E-state index is 10.3. The molecule has 0 fully saturated rings. The fraction of sp³-hybridized carbons (Fsp3) is 0.250. The summed E-state index contributed by atoms with van der Waals surface area (Å²) >= 11 is 0. The first-order valence-electron chi connectivity index (χ1n) is 3.17. The van der Waals surface area contributed by atoms with Crippen molar-refractivity contribution in [3.63, 3.8) is 0 Å². The Labute approximate surface area is 59.7 Å². The molecule has 0 bridgehead atoms. The van der Waals surface area contributed by atoms with Crippen LogP contribution in [-0.4, -0.2) is 11.4 Å². The summed E-state index contributed by atoms with van der Waals surface area (Å²) in [7, 11) is 0. The highest BCUT2D eigenvalue weighted by Crippen LogP contribution is 2.00. The van der Waals surface area contributed by atoms with Gasteiger partial charge in [-0.2, -0.15) is 0 Å². The van der Waals surface area contributed by atoms with Crippen LogP contribution in [0.15, 0.2) is 30.3 Å². The molecule has 10 heavy (non-hydrogen) atoms. The lowest BCUT2D eigenvalue weighted by atomic mass is 10.1. The van der Waals surface area contributed by atoms with Crippen molar-refractivity contribution in [1.29, 1.82) is 0 Å². The van der Waals surface area contributed by atoms with Crippen LogP contribution in [0.1, 0.15) is 5.56 Å². The molecule has 2 heteroatoms. The Morgan fingerprint density at radius 2 is 1.90 bits per heavy atom. The summed E-state index contributed by atoms with van der Waals surface area (Å²) in [6.07, 6.45) is -1.29. The average molecular weight is 137 g/mol. The van der Waals surface area contributed by atoms with Gasteiger partial charge in [0.2, 0.25) is 0 Å². The zero-order valence-electron chi connectivity index (χ0n) is 5.53. The van der Waals surface area contributed by atoms with E-state index < -0.39 is 6.29 Å². The summed E-state index contributed by atoms with van der Waals surface area (Å²) in [5, 5.41) is 18.7. The molecule has 0 amide bonds. The van der Waals surface area contributed by atoms with E-state index in [4.69, 9.17) is 5.11 Å². The Hall–Kier alpha value is -0.860. The first-order chi connectivity index (χ1) is 4.79. The van der Waals surface area contributed by atoms with Crippen molar-refractivity contribution in [2.45, 2.75) is 12.7 Å². The van der Waals surface area contributed by atoms with Gasteiger partial charge in [0.1, 0.15) is 0 Å². The van der Waals surface area contributed by atoms with Crippen molar-refractivity contribution >= 4 is 0 Å². The van der Waals surface area contributed by atoms with Crippen LogP contribution in [0, 0.1) is 0 Å². The van der Waals surface area contributed by atoms with Crippen LogP contribution >= 0.6 is 0 Å². The van der Waals surface area contributed by atoms with Gasteiger partial charge in [-0.25, -0.2) is 5.11 Å². The van der Waals surface area contributed by atoms with Gasteiger partial charge in [-0.1, -0.05) is 30.3 Å². The Kier molecular flexibility index (Phi) is 2.42. The lowest BCUT2D eigenvalue weighted by Crippen LogP contribution is -2.05. The van der Waals surface area contributed by atoms with Crippen LogP contribution in [0.25, 0.3) is 0 Å². The zero-order valence-corrected chi connectivity index (χ0v) is 5.53. The van der Waals surface area contributed by atoms with E-state index in [9.17, 15) is 5.11 Å². The Morgan fingerprint density at radius 3 is 2.40 bits per heavy atom. The number of aliphatic hydroxyl groups excluding tert-OH is 1. The first kappa shape index (κ1) is 7.25. The van der Waals surface area contributed by atoms with Crippen molar-refractivity contribution in [1.82, 2.24) is 0 Å². The molecule has 0 aliphatic carbocycles. The van der Waals surface area contributed by atoms with E-state index in [1.165, 1.54) is 0 Å². The third-order valence-electron chi connectivity index (χ3n) is 1.25. The molecule has 1 N–H and O–H groups in total. The number of aliphatic hydroxyl groups is 1. The molecule has 1 unspecified atom stereocenters. The van der Waals surface area contributed by atoms with E-state index in [1.807, 2.05) is 30.3 Å². The Morgan fingerprint density at radius 1 is 1.30 bits per heavy atom. The molecule has 0 spiro atoms. The van der Waals surface area contributed by atoms with Gasteiger partial charge < -0.3 is 5.11 Å². The lowest BCUT2D eigenvalue weighted by Gasteiger charge is -1.99. The van der Waals surface area contributed by atoms with Crippen LogP contribution in [0.4, 0.5) is 0 Å². The minimum Gasteiger partial charge on any atom is -0.365 e. The molecular weight excluding hydrogens is 128 g/mol. The molecule has 0 saturated carbocycles. The van der Waals surface area contributed by atoms with Gasteiger partial charge in [0.15, 0.2) is 6.29 Å². The van der Waals surface area contributed by atoms with Crippen molar-refractivity contribution in [3.05, 3.63) is 35.9 Å². The van der Waals surface area contributed by atoms with Crippen molar-refractivity contribution in [2.24, 2.45) is 0 Å². The summed E-state index contributed by atoms with van der Waals surface area (Å²) < 4.78 is 0. The summed E-state index contributed by atoms with van der Waals surface area (Å²) in [5.41, 5.74) is 0.880. The van der Waals surface area contributed by atoms with Crippen LogP contribution in [0.3, 0.4) is 0 Å². The van der Waals surface area contributed by atoms with Crippen molar-refractivity contribution in [3.8, 4) is 0 Å². The van der Waals surface area contributed by atoms with E-state index >= 15 is 0 Å². The van der Waals surface area contributed by atoms with Gasteiger partial charge in [0.05, 0.1) is 0 Å². The largest absolute Gasteiger partial charge is 0.365 e. The monoisotopic (exact) mass is 137 g/mol. The maximum Gasteiger partial charge on any atom is 0.192 e. The van der Waals surface area contributed by atoms with Crippen LogP contribution in [0.2, 0.25) is 0 Å². The zero-order chi connectivity index (χ0) is 7.40. The second kappa shape index (κ2) is 3.34. The van der Waals surface area contributed by atoms with Crippen LogP contribution in [0.5, 0.6) is 0 Å². The molecule has 1 rings (SSSR count). The molecule has 2 nitrogen and oxygen atoms in total. The molecule has 53 valence electrons. The molecule has 0 aliphatic rings. The molecule has 1 atom stereocenters. The minimum absolute atomic E-state index is 0.195. The summed E-state index contributed by atoms with van der Waals surface area (Å²) in [5.74, 6) is 0. The van der Waals surface area contributed by atoms with E-state index in [1.54, 1.807) is 0 Å². The Bertz CT molecular complexity index is 182. The molecule has 0 aliphatic heterocycles. The summed E-state index contributed by atoms with van der Waals surface area (Å²) in [6, 6.07) is 9.21. The van der Waals surface area contributed by atoms with Gasteiger partial charge in [-0.15, -0.1) is 0 Å². The SMILES string of the molecule is [O]C(O)Cc1ccccc1.